The number of guanidine groups is 1. The monoisotopic (exact) mass is 477 g/mol. The molecule has 0 unspecified atom stereocenters. The van der Waals surface area contributed by atoms with E-state index in [1.807, 2.05) is 18.2 Å². The van der Waals surface area contributed by atoms with Gasteiger partial charge in [0.15, 0.2) is 17.5 Å². The van der Waals surface area contributed by atoms with Crippen LogP contribution >= 0.6 is 35.3 Å². The van der Waals surface area contributed by atoms with Gasteiger partial charge in [0.25, 0.3) is 0 Å². The number of rotatable bonds is 7. The highest BCUT2D eigenvalue weighted by molar-refractivity contribution is 14.0. The van der Waals surface area contributed by atoms with Crippen LogP contribution in [-0.4, -0.2) is 34.3 Å². The highest BCUT2D eigenvalue weighted by atomic mass is 127. The Labute approximate surface area is 169 Å². The molecule has 0 aliphatic heterocycles. The molecule has 1 aromatic carbocycles. The number of hydrogen-bond donors (Lipinski definition) is 2. The molecule has 1 aromatic heterocycles. The van der Waals surface area contributed by atoms with Crippen molar-refractivity contribution < 1.29 is 14.2 Å². The third-order valence-electron chi connectivity index (χ3n) is 3.47. The number of halogens is 1. The van der Waals surface area contributed by atoms with E-state index < -0.39 is 0 Å². The molecule has 0 amide bonds. The number of thiophene rings is 1. The summed E-state index contributed by atoms with van der Waals surface area (Å²) < 4.78 is 16.2. The van der Waals surface area contributed by atoms with Gasteiger partial charge in [-0.15, -0.1) is 35.3 Å². The van der Waals surface area contributed by atoms with E-state index in [2.05, 4.69) is 27.1 Å². The van der Waals surface area contributed by atoms with Crippen LogP contribution in [0.5, 0.6) is 17.2 Å². The van der Waals surface area contributed by atoms with E-state index in [1.165, 1.54) is 4.88 Å². The first kappa shape index (κ1) is 21.4. The van der Waals surface area contributed by atoms with E-state index >= 15 is 0 Å². The zero-order valence-corrected chi connectivity index (χ0v) is 17.9. The Morgan fingerprint density at radius 2 is 1.72 bits per heavy atom. The smallest absolute Gasteiger partial charge is 0.203 e. The van der Waals surface area contributed by atoms with Crippen LogP contribution in [0.2, 0.25) is 0 Å². The maximum Gasteiger partial charge on any atom is 0.203 e. The van der Waals surface area contributed by atoms with Crippen LogP contribution in [0.3, 0.4) is 0 Å². The molecule has 0 aliphatic carbocycles. The Balaban J connectivity index is 0.00000312. The van der Waals surface area contributed by atoms with Crippen molar-refractivity contribution >= 4 is 41.3 Å². The van der Waals surface area contributed by atoms with Crippen LogP contribution in [-0.2, 0) is 13.1 Å². The van der Waals surface area contributed by atoms with Crippen LogP contribution < -0.4 is 24.8 Å². The van der Waals surface area contributed by atoms with E-state index in [4.69, 9.17) is 14.2 Å². The molecular weight excluding hydrogens is 453 g/mol. The van der Waals surface area contributed by atoms with E-state index in [1.54, 1.807) is 39.7 Å². The molecule has 0 saturated heterocycles. The van der Waals surface area contributed by atoms with Gasteiger partial charge < -0.3 is 24.8 Å². The Morgan fingerprint density at radius 1 is 1.00 bits per heavy atom. The van der Waals surface area contributed by atoms with E-state index in [0.717, 1.165) is 18.1 Å². The molecule has 2 aromatic rings. The third-order valence-corrected chi connectivity index (χ3v) is 4.34. The van der Waals surface area contributed by atoms with Crippen molar-refractivity contribution in [3.63, 3.8) is 0 Å². The van der Waals surface area contributed by atoms with Crippen LogP contribution in [0.1, 0.15) is 10.4 Å². The molecule has 0 aliphatic rings. The molecule has 2 N–H and O–H groups in total. The summed E-state index contributed by atoms with van der Waals surface area (Å²) in [5, 5.41) is 8.62. The van der Waals surface area contributed by atoms with E-state index in [-0.39, 0.29) is 24.0 Å². The number of benzene rings is 1. The van der Waals surface area contributed by atoms with Crippen LogP contribution in [0.15, 0.2) is 34.6 Å². The predicted octanol–water partition coefficient (Wildman–Crippen LogP) is 3.26. The minimum atomic E-state index is 0. The maximum atomic E-state index is 5.49. The SMILES string of the molecule is CN=C(NCc1cccs1)NCc1ccc(OC)c(OC)c1OC.I. The molecule has 8 heteroatoms. The van der Waals surface area contributed by atoms with Crippen molar-refractivity contribution in [2.24, 2.45) is 4.99 Å². The van der Waals surface area contributed by atoms with Crippen molar-refractivity contribution in [2.45, 2.75) is 13.1 Å². The number of aliphatic imine (C=N–C) groups is 1. The van der Waals surface area contributed by atoms with Gasteiger partial charge in [0.1, 0.15) is 0 Å². The molecular formula is C17H24IN3O3S. The lowest BCUT2D eigenvalue weighted by Gasteiger charge is -2.17. The fraction of sp³-hybridized carbons (Fsp3) is 0.353. The zero-order valence-electron chi connectivity index (χ0n) is 14.8. The summed E-state index contributed by atoms with van der Waals surface area (Å²) in [6.45, 7) is 1.29. The van der Waals surface area contributed by atoms with Crippen LogP contribution in [0.25, 0.3) is 0 Å². The van der Waals surface area contributed by atoms with Crippen molar-refractivity contribution in [2.75, 3.05) is 28.4 Å². The van der Waals surface area contributed by atoms with E-state index in [0.29, 0.717) is 23.8 Å². The average molecular weight is 477 g/mol. The molecule has 0 radical (unpaired) electrons. The Morgan fingerprint density at radius 3 is 2.28 bits per heavy atom. The molecule has 138 valence electrons. The fourth-order valence-corrected chi connectivity index (χ4v) is 2.93. The minimum absolute atomic E-state index is 0. The van der Waals surface area contributed by atoms with Gasteiger partial charge in [-0.05, 0) is 23.6 Å². The first-order chi connectivity index (χ1) is 11.7. The first-order valence-corrected chi connectivity index (χ1v) is 8.36. The highest BCUT2D eigenvalue weighted by Gasteiger charge is 2.15. The third kappa shape index (κ3) is 5.67. The standard InChI is InChI=1S/C17H23N3O3S.HI/c1-18-17(20-11-13-6-5-9-24-13)19-10-12-7-8-14(21-2)16(23-4)15(12)22-3;/h5-9H,10-11H2,1-4H3,(H2,18,19,20);1H. The lowest BCUT2D eigenvalue weighted by atomic mass is 10.1. The molecule has 0 fully saturated rings. The van der Waals surface area contributed by atoms with Crippen molar-refractivity contribution in [3.05, 3.63) is 40.1 Å². The molecule has 2 rings (SSSR count). The van der Waals surface area contributed by atoms with Crippen molar-refractivity contribution in [1.29, 1.82) is 0 Å². The van der Waals surface area contributed by atoms with Crippen molar-refractivity contribution in [1.82, 2.24) is 10.6 Å². The van der Waals surface area contributed by atoms with Gasteiger partial charge in [-0.2, -0.15) is 0 Å². The summed E-state index contributed by atoms with van der Waals surface area (Å²) in [6.07, 6.45) is 0. The van der Waals surface area contributed by atoms with Gasteiger partial charge in [0, 0.05) is 24.0 Å². The fourth-order valence-electron chi connectivity index (χ4n) is 2.29. The lowest BCUT2D eigenvalue weighted by molar-refractivity contribution is 0.322. The van der Waals surface area contributed by atoms with Gasteiger partial charge in [0.05, 0.1) is 27.9 Å². The molecule has 0 saturated carbocycles. The summed E-state index contributed by atoms with van der Waals surface area (Å²) in [6, 6.07) is 7.93. The predicted molar refractivity (Wildman–Crippen MR) is 113 cm³/mol. The second-order valence-corrected chi connectivity index (χ2v) is 5.88. The van der Waals surface area contributed by atoms with Gasteiger partial charge >= 0.3 is 0 Å². The molecule has 0 bridgehead atoms. The van der Waals surface area contributed by atoms with Crippen LogP contribution in [0, 0.1) is 0 Å². The van der Waals surface area contributed by atoms with Gasteiger partial charge in [0.2, 0.25) is 5.75 Å². The zero-order chi connectivity index (χ0) is 17.4. The topological polar surface area (TPSA) is 64.1 Å². The summed E-state index contributed by atoms with van der Waals surface area (Å²) in [4.78, 5) is 5.49. The largest absolute Gasteiger partial charge is 0.493 e. The van der Waals surface area contributed by atoms with E-state index in [9.17, 15) is 0 Å². The summed E-state index contributed by atoms with van der Waals surface area (Å²) in [5.74, 6) is 2.59. The Bertz CT molecular complexity index is 678. The number of methoxy groups -OCH3 is 3. The first-order valence-electron chi connectivity index (χ1n) is 7.48. The lowest BCUT2D eigenvalue weighted by Crippen LogP contribution is -2.36. The molecule has 6 nitrogen and oxygen atoms in total. The summed E-state index contributed by atoms with van der Waals surface area (Å²) in [5.41, 5.74) is 0.953. The average Bonchev–Trinajstić information content (AvgIpc) is 3.14. The van der Waals surface area contributed by atoms with Gasteiger partial charge in [-0.1, -0.05) is 6.07 Å². The number of ether oxygens (including phenoxy) is 3. The number of nitrogens with one attached hydrogen (secondary N) is 2. The maximum absolute atomic E-state index is 5.49. The minimum Gasteiger partial charge on any atom is -0.493 e. The molecule has 0 atom stereocenters. The number of hydrogen-bond acceptors (Lipinski definition) is 5. The Hall–Kier alpha value is -1.68. The van der Waals surface area contributed by atoms with Crippen LogP contribution in [0.4, 0.5) is 0 Å². The van der Waals surface area contributed by atoms with Crippen molar-refractivity contribution in [3.8, 4) is 17.2 Å². The quantitative estimate of drug-likeness (QED) is 0.364. The second-order valence-electron chi connectivity index (χ2n) is 4.85. The summed E-state index contributed by atoms with van der Waals surface area (Å²) in [7, 11) is 6.56. The molecule has 25 heavy (non-hydrogen) atoms. The Kier molecular flexibility index (Phi) is 9.43. The normalized spacial score (nSPS) is 10.6. The molecule has 0 spiro atoms. The van der Waals surface area contributed by atoms with Gasteiger partial charge in [-0.3, -0.25) is 4.99 Å². The second kappa shape index (κ2) is 11.0. The summed E-state index contributed by atoms with van der Waals surface area (Å²) >= 11 is 1.71. The van der Waals surface area contributed by atoms with Gasteiger partial charge in [-0.25, -0.2) is 0 Å². The molecule has 1 heterocycles. The highest BCUT2D eigenvalue weighted by Crippen LogP contribution is 2.39. The number of nitrogens with zero attached hydrogens (tertiary/aromatic N) is 1.